The van der Waals surface area contributed by atoms with Crippen LogP contribution in [0.15, 0.2) is 53.0 Å². The van der Waals surface area contributed by atoms with Crippen molar-refractivity contribution >= 4 is 27.7 Å². The highest BCUT2D eigenvalue weighted by Gasteiger charge is 2.25. The van der Waals surface area contributed by atoms with Crippen LogP contribution in [0.25, 0.3) is 0 Å². The molecule has 0 bridgehead atoms. The summed E-state index contributed by atoms with van der Waals surface area (Å²) >= 11 is 3.39. The summed E-state index contributed by atoms with van der Waals surface area (Å²) in [4.78, 5) is 28.6. The van der Waals surface area contributed by atoms with Crippen molar-refractivity contribution < 1.29 is 14.3 Å². The van der Waals surface area contributed by atoms with Crippen LogP contribution in [0, 0.1) is 0 Å². The monoisotopic (exact) mass is 430 g/mol. The van der Waals surface area contributed by atoms with E-state index >= 15 is 0 Å². The molecule has 1 saturated heterocycles. The van der Waals surface area contributed by atoms with Crippen LogP contribution in [-0.2, 0) is 11.2 Å². The second-order valence-electron chi connectivity index (χ2n) is 6.43. The van der Waals surface area contributed by atoms with Gasteiger partial charge >= 0.3 is 0 Å². The smallest absolute Gasteiger partial charge is 0.260 e. The van der Waals surface area contributed by atoms with Gasteiger partial charge in [-0.05, 0) is 36.2 Å². The Morgan fingerprint density at radius 2 is 1.70 bits per heavy atom. The van der Waals surface area contributed by atoms with Crippen molar-refractivity contribution in [2.45, 2.75) is 13.3 Å². The van der Waals surface area contributed by atoms with Gasteiger partial charge in [0, 0.05) is 36.2 Å². The SMILES string of the molecule is CCc1ccccc1OCC(=O)N1CCN(C(=O)c2cccc(Br)c2)CC1. The fraction of sp³-hybridized carbons (Fsp3) is 0.333. The Kier molecular flexibility index (Phi) is 6.50. The van der Waals surface area contributed by atoms with E-state index in [-0.39, 0.29) is 18.4 Å². The van der Waals surface area contributed by atoms with Gasteiger partial charge in [-0.25, -0.2) is 0 Å². The molecule has 2 aromatic carbocycles. The minimum Gasteiger partial charge on any atom is -0.483 e. The molecular weight excluding hydrogens is 408 g/mol. The molecule has 0 spiro atoms. The average Bonchev–Trinajstić information content (AvgIpc) is 2.71. The number of para-hydroxylation sites is 1. The van der Waals surface area contributed by atoms with Crippen molar-refractivity contribution in [2.24, 2.45) is 0 Å². The maximum Gasteiger partial charge on any atom is 0.260 e. The van der Waals surface area contributed by atoms with Crippen LogP contribution in [0.2, 0.25) is 0 Å². The van der Waals surface area contributed by atoms with E-state index in [9.17, 15) is 9.59 Å². The lowest BCUT2D eigenvalue weighted by molar-refractivity contribution is -0.134. The number of nitrogens with zero attached hydrogens (tertiary/aromatic N) is 2. The van der Waals surface area contributed by atoms with Crippen LogP contribution < -0.4 is 4.74 Å². The Labute approximate surface area is 168 Å². The third kappa shape index (κ3) is 4.89. The molecular formula is C21H23BrN2O3. The third-order valence-electron chi connectivity index (χ3n) is 4.70. The molecule has 1 aliphatic rings. The zero-order valence-corrected chi connectivity index (χ0v) is 16.9. The van der Waals surface area contributed by atoms with Crippen molar-refractivity contribution in [3.8, 4) is 5.75 Å². The number of benzene rings is 2. The lowest BCUT2D eigenvalue weighted by atomic mass is 10.1. The number of carbonyl (C=O) groups excluding carboxylic acids is 2. The lowest BCUT2D eigenvalue weighted by Crippen LogP contribution is -2.51. The molecule has 2 amide bonds. The predicted octanol–water partition coefficient (Wildman–Crippen LogP) is 3.37. The van der Waals surface area contributed by atoms with Gasteiger partial charge in [-0.1, -0.05) is 47.1 Å². The molecule has 0 unspecified atom stereocenters. The molecule has 0 N–H and O–H groups in total. The van der Waals surface area contributed by atoms with Crippen molar-refractivity contribution in [3.05, 3.63) is 64.1 Å². The minimum atomic E-state index is -0.0459. The first-order chi connectivity index (χ1) is 13.1. The summed E-state index contributed by atoms with van der Waals surface area (Å²) in [5.74, 6) is 0.712. The summed E-state index contributed by atoms with van der Waals surface area (Å²) in [6, 6.07) is 15.1. The molecule has 1 heterocycles. The number of hydrogen-bond donors (Lipinski definition) is 0. The van der Waals surface area contributed by atoms with Crippen LogP contribution >= 0.6 is 15.9 Å². The standard InChI is InChI=1S/C21H23BrN2O3/c1-2-16-6-3-4-9-19(16)27-15-20(25)23-10-12-24(13-11-23)21(26)17-7-5-8-18(22)14-17/h3-9,14H,2,10-13,15H2,1H3. The largest absolute Gasteiger partial charge is 0.483 e. The van der Waals surface area contributed by atoms with E-state index in [4.69, 9.17) is 4.74 Å². The summed E-state index contributed by atoms with van der Waals surface area (Å²) in [5, 5.41) is 0. The number of amides is 2. The van der Waals surface area contributed by atoms with E-state index in [2.05, 4.69) is 22.9 Å². The van der Waals surface area contributed by atoms with Gasteiger partial charge in [0.1, 0.15) is 5.75 Å². The van der Waals surface area contributed by atoms with E-state index in [0.717, 1.165) is 22.2 Å². The van der Waals surface area contributed by atoms with Crippen LogP contribution in [0.5, 0.6) is 5.75 Å². The molecule has 0 atom stereocenters. The van der Waals surface area contributed by atoms with Gasteiger partial charge in [-0.15, -0.1) is 0 Å². The number of ether oxygens (including phenoxy) is 1. The van der Waals surface area contributed by atoms with Gasteiger partial charge < -0.3 is 14.5 Å². The topological polar surface area (TPSA) is 49.9 Å². The number of aryl methyl sites for hydroxylation is 1. The van der Waals surface area contributed by atoms with E-state index in [1.807, 2.05) is 48.5 Å². The maximum atomic E-state index is 12.6. The van der Waals surface area contributed by atoms with Crippen molar-refractivity contribution in [3.63, 3.8) is 0 Å². The van der Waals surface area contributed by atoms with Crippen LogP contribution in [-0.4, -0.2) is 54.4 Å². The first-order valence-electron chi connectivity index (χ1n) is 9.12. The van der Waals surface area contributed by atoms with E-state index in [1.165, 1.54) is 0 Å². The Balaban J connectivity index is 1.51. The third-order valence-corrected chi connectivity index (χ3v) is 5.19. The van der Waals surface area contributed by atoms with Crippen molar-refractivity contribution in [1.29, 1.82) is 0 Å². The van der Waals surface area contributed by atoms with Gasteiger partial charge in [0.2, 0.25) is 0 Å². The minimum absolute atomic E-state index is 0.00322. The Bertz CT molecular complexity index is 817. The quantitative estimate of drug-likeness (QED) is 0.730. The van der Waals surface area contributed by atoms with Crippen molar-refractivity contribution in [2.75, 3.05) is 32.8 Å². The first kappa shape index (κ1) is 19.4. The number of carbonyl (C=O) groups is 2. The van der Waals surface area contributed by atoms with E-state index in [0.29, 0.717) is 31.7 Å². The zero-order chi connectivity index (χ0) is 19.2. The maximum absolute atomic E-state index is 12.6. The highest BCUT2D eigenvalue weighted by atomic mass is 79.9. The number of piperazine rings is 1. The van der Waals surface area contributed by atoms with Crippen LogP contribution in [0.1, 0.15) is 22.8 Å². The van der Waals surface area contributed by atoms with Gasteiger partial charge in [0.15, 0.2) is 6.61 Å². The van der Waals surface area contributed by atoms with E-state index < -0.39 is 0 Å². The highest BCUT2D eigenvalue weighted by Crippen LogP contribution is 2.19. The molecule has 0 aromatic heterocycles. The second-order valence-corrected chi connectivity index (χ2v) is 7.35. The summed E-state index contributed by atoms with van der Waals surface area (Å²) in [6.07, 6.45) is 0.862. The van der Waals surface area contributed by atoms with Gasteiger partial charge in [-0.2, -0.15) is 0 Å². The summed E-state index contributed by atoms with van der Waals surface area (Å²) < 4.78 is 6.60. The lowest BCUT2D eigenvalue weighted by Gasteiger charge is -2.34. The summed E-state index contributed by atoms with van der Waals surface area (Å²) in [7, 11) is 0. The zero-order valence-electron chi connectivity index (χ0n) is 15.4. The Morgan fingerprint density at radius 1 is 1.00 bits per heavy atom. The van der Waals surface area contributed by atoms with Gasteiger partial charge in [0.05, 0.1) is 0 Å². The highest BCUT2D eigenvalue weighted by molar-refractivity contribution is 9.10. The molecule has 6 heteroatoms. The summed E-state index contributed by atoms with van der Waals surface area (Å²) in [5.41, 5.74) is 1.75. The molecule has 0 saturated carbocycles. The molecule has 0 aliphatic carbocycles. The van der Waals surface area contributed by atoms with Crippen molar-refractivity contribution in [1.82, 2.24) is 9.80 Å². The molecule has 3 rings (SSSR count). The molecule has 5 nitrogen and oxygen atoms in total. The molecule has 1 fully saturated rings. The second kappa shape index (κ2) is 9.04. The van der Waals surface area contributed by atoms with E-state index in [1.54, 1.807) is 9.80 Å². The Morgan fingerprint density at radius 3 is 2.41 bits per heavy atom. The average molecular weight is 431 g/mol. The molecule has 0 radical (unpaired) electrons. The fourth-order valence-corrected chi connectivity index (χ4v) is 3.53. The molecule has 142 valence electrons. The number of halogens is 1. The first-order valence-corrected chi connectivity index (χ1v) is 9.91. The number of rotatable bonds is 5. The molecule has 27 heavy (non-hydrogen) atoms. The fourth-order valence-electron chi connectivity index (χ4n) is 3.13. The number of hydrogen-bond acceptors (Lipinski definition) is 3. The van der Waals surface area contributed by atoms with Gasteiger partial charge in [0.25, 0.3) is 11.8 Å². The molecule has 1 aliphatic heterocycles. The normalized spacial score (nSPS) is 14.1. The predicted molar refractivity (Wildman–Crippen MR) is 108 cm³/mol. The van der Waals surface area contributed by atoms with Crippen LogP contribution in [0.4, 0.5) is 0 Å². The summed E-state index contributed by atoms with van der Waals surface area (Å²) in [6.45, 7) is 4.20. The van der Waals surface area contributed by atoms with Crippen LogP contribution in [0.3, 0.4) is 0 Å². The molecule has 2 aromatic rings. The Hall–Kier alpha value is -2.34. The van der Waals surface area contributed by atoms with Gasteiger partial charge in [-0.3, -0.25) is 9.59 Å².